The summed E-state index contributed by atoms with van der Waals surface area (Å²) in [6.45, 7) is 3.89. The average Bonchev–Trinajstić information content (AvgIpc) is 3.31. The molecule has 0 amide bonds. The van der Waals surface area contributed by atoms with Crippen LogP contribution in [0.1, 0.15) is 18.4 Å². The molecule has 3 aromatic heterocycles. The van der Waals surface area contributed by atoms with Crippen molar-refractivity contribution >= 4 is 39.3 Å². The summed E-state index contributed by atoms with van der Waals surface area (Å²) < 4.78 is 14.7. The Morgan fingerprint density at radius 2 is 1.84 bits per heavy atom. The van der Waals surface area contributed by atoms with Gasteiger partial charge in [-0.2, -0.15) is 0 Å². The highest BCUT2D eigenvalue weighted by molar-refractivity contribution is 5.98. The van der Waals surface area contributed by atoms with Crippen LogP contribution in [0.25, 0.3) is 21.9 Å². The number of pyridine rings is 1. The maximum atomic E-state index is 6.50. The molecule has 10 heteroatoms. The highest BCUT2D eigenvalue weighted by Gasteiger charge is 2.21. The van der Waals surface area contributed by atoms with Gasteiger partial charge in [0, 0.05) is 25.8 Å². The van der Waals surface area contributed by atoms with Gasteiger partial charge in [-0.25, -0.2) is 19.9 Å². The number of fused-ring (bicyclic) bond motifs is 2. The molecule has 2 aromatic carbocycles. The highest BCUT2D eigenvalue weighted by Crippen LogP contribution is 2.38. The lowest BCUT2D eigenvalue weighted by Gasteiger charge is -2.25. The van der Waals surface area contributed by atoms with Crippen molar-refractivity contribution in [1.82, 2.24) is 29.8 Å². The summed E-state index contributed by atoms with van der Waals surface area (Å²) in [5.74, 6) is 3.51. The second kappa shape index (κ2) is 10.1. The van der Waals surface area contributed by atoms with Crippen LogP contribution in [-0.2, 0) is 7.05 Å². The normalized spacial score (nSPS) is 14.1. The summed E-state index contributed by atoms with van der Waals surface area (Å²) >= 11 is 0. The van der Waals surface area contributed by atoms with E-state index in [0.717, 1.165) is 65.1 Å². The molecule has 194 valence electrons. The van der Waals surface area contributed by atoms with Gasteiger partial charge in [0.1, 0.15) is 29.7 Å². The van der Waals surface area contributed by atoms with Crippen LogP contribution < -0.4 is 25.4 Å². The SMILES string of the molecule is CNc1ncc2ncnc(Nc3ccc(Oc4ccc5c(c4)ncn5C)c(C)c3)c2c1OC1CCNCC1. The standard InChI is InChI=1S/C28H30N8O2/c1-17-12-18(4-7-24(17)37-20-5-6-23-21(13-20)34-16-36(23)3)35-27-25-22(32-15-33-27)14-31-28(29-2)26(25)38-19-8-10-30-11-9-19/h4-7,12-16,19,30H,8-11H2,1-3H3,(H,29,31)(H,32,33,35). The molecular formula is C28H30N8O2. The molecule has 1 aliphatic rings. The zero-order valence-corrected chi connectivity index (χ0v) is 21.7. The molecule has 38 heavy (non-hydrogen) atoms. The number of benzene rings is 2. The van der Waals surface area contributed by atoms with E-state index in [1.165, 1.54) is 6.33 Å². The van der Waals surface area contributed by atoms with E-state index in [1.807, 2.05) is 62.0 Å². The Labute approximate surface area is 220 Å². The van der Waals surface area contributed by atoms with Crippen molar-refractivity contribution in [3.63, 3.8) is 0 Å². The number of ether oxygens (including phenoxy) is 2. The summed E-state index contributed by atoms with van der Waals surface area (Å²) in [6, 6.07) is 11.9. The van der Waals surface area contributed by atoms with Crippen molar-refractivity contribution < 1.29 is 9.47 Å². The molecule has 0 aliphatic carbocycles. The van der Waals surface area contributed by atoms with Crippen LogP contribution in [0.4, 0.5) is 17.3 Å². The highest BCUT2D eigenvalue weighted by atomic mass is 16.5. The molecule has 1 aliphatic heterocycles. The van der Waals surface area contributed by atoms with Crippen LogP contribution in [0.15, 0.2) is 55.2 Å². The van der Waals surface area contributed by atoms with E-state index < -0.39 is 0 Å². The molecule has 0 radical (unpaired) electrons. The number of piperidine rings is 1. The Morgan fingerprint density at radius 3 is 2.66 bits per heavy atom. The maximum absolute atomic E-state index is 6.50. The van der Waals surface area contributed by atoms with Crippen molar-refractivity contribution in [2.75, 3.05) is 30.8 Å². The molecule has 0 saturated carbocycles. The van der Waals surface area contributed by atoms with Gasteiger partial charge >= 0.3 is 0 Å². The number of nitrogens with zero attached hydrogens (tertiary/aromatic N) is 5. The molecule has 1 saturated heterocycles. The molecule has 0 spiro atoms. The third-order valence-corrected chi connectivity index (χ3v) is 6.80. The Hall–Kier alpha value is -4.44. The molecule has 0 bridgehead atoms. The zero-order valence-electron chi connectivity index (χ0n) is 21.7. The summed E-state index contributed by atoms with van der Waals surface area (Å²) in [4.78, 5) is 18.0. The van der Waals surface area contributed by atoms with E-state index in [2.05, 4.69) is 35.9 Å². The number of imidazole rings is 1. The number of hydrogen-bond acceptors (Lipinski definition) is 9. The number of aryl methyl sites for hydroxylation is 2. The Kier molecular flexibility index (Phi) is 6.38. The van der Waals surface area contributed by atoms with E-state index in [0.29, 0.717) is 22.9 Å². The molecule has 0 atom stereocenters. The van der Waals surface area contributed by atoms with Gasteiger partial charge in [-0.15, -0.1) is 0 Å². The third-order valence-electron chi connectivity index (χ3n) is 6.80. The van der Waals surface area contributed by atoms with Crippen LogP contribution >= 0.6 is 0 Å². The largest absolute Gasteiger partial charge is 0.486 e. The quantitative estimate of drug-likeness (QED) is 0.281. The van der Waals surface area contributed by atoms with E-state index in [1.54, 1.807) is 12.5 Å². The molecule has 0 unspecified atom stereocenters. The van der Waals surface area contributed by atoms with Gasteiger partial charge in [-0.3, -0.25) is 0 Å². The summed E-state index contributed by atoms with van der Waals surface area (Å²) in [5, 5.41) is 10.8. The molecule has 4 heterocycles. The van der Waals surface area contributed by atoms with Gasteiger partial charge in [-0.1, -0.05) is 0 Å². The number of rotatable bonds is 7. The smallest absolute Gasteiger partial charge is 0.175 e. The fourth-order valence-corrected chi connectivity index (χ4v) is 4.78. The van der Waals surface area contributed by atoms with Crippen LogP contribution in [0.5, 0.6) is 17.2 Å². The lowest BCUT2D eigenvalue weighted by atomic mass is 10.1. The Morgan fingerprint density at radius 1 is 0.974 bits per heavy atom. The van der Waals surface area contributed by atoms with E-state index in [9.17, 15) is 0 Å². The van der Waals surface area contributed by atoms with Gasteiger partial charge in [0.05, 0.1) is 34.5 Å². The second-order valence-corrected chi connectivity index (χ2v) is 9.45. The molecular weight excluding hydrogens is 480 g/mol. The minimum absolute atomic E-state index is 0.104. The molecule has 6 rings (SSSR count). The molecule has 1 fully saturated rings. The maximum Gasteiger partial charge on any atom is 0.175 e. The average molecular weight is 511 g/mol. The number of hydrogen-bond donors (Lipinski definition) is 3. The first-order valence-electron chi connectivity index (χ1n) is 12.7. The predicted octanol–water partition coefficient (Wildman–Crippen LogP) is 4.93. The van der Waals surface area contributed by atoms with Crippen molar-refractivity contribution in [1.29, 1.82) is 0 Å². The molecule has 10 nitrogen and oxygen atoms in total. The van der Waals surface area contributed by atoms with Crippen molar-refractivity contribution in [2.45, 2.75) is 25.9 Å². The van der Waals surface area contributed by atoms with Crippen LogP contribution in [0.3, 0.4) is 0 Å². The van der Waals surface area contributed by atoms with Crippen LogP contribution in [-0.4, -0.2) is 50.7 Å². The van der Waals surface area contributed by atoms with Crippen molar-refractivity contribution in [3.05, 3.63) is 60.8 Å². The molecule has 5 aromatic rings. The first-order chi connectivity index (χ1) is 18.6. The van der Waals surface area contributed by atoms with Gasteiger partial charge in [0.2, 0.25) is 0 Å². The first kappa shape index (κ1) is 23.9. The molecule has 3 N–H and O–H groups in total. The second-order valence-electron chi connectivity index (χ2n) is 9.45. The van der Waals surface area contributed by atoms with E-state index in [-0.39, 0.29) is 6.10 Å². The topological polar surface area (TPSA) is 111 Å². The fourth-order valence-electron chi connectivity index (χ4n) is 4.78. The van der Waals surface area contributed by atoms with Crippen molar-refractivity contribution in [2.24, 2.45) is 7.05 Å². The van der Waals surface area contributed by atoms with Crippen LogP contribution in [0.2, 0.25) is 0 Å². The number of aromatic nitrogens is 5. The number of nitrogens with one attached hydrogen (secondary N) is 3. The van der Waals surface area contributed by atoms with Gasteiger partial charge in [0.25, 0.3) is 0 Å². The van der Waals surface area contributed by atoms with Crippen molar-refractivity contribution in [3.8, 4) is 17.2 Å². The van der Waals surface area contributed by atoms with Gasteiger partial charge in [0.15, 0.2) is 11.6 Å². The monoisotopic (exact) mass is 510 g/mol. The van der Waals surface area contributed by atoms with E-state index >= 15 is 0 Å². The van der Waals surface area contributed by atoms with Crippen LogP contribution in [0, 0.1) is 6.92 Å². The van der Waals surface area contributed by atoms with E-state index in [4.69, 9.17) is 9.47 Å². The number of anilines is 3. The summed E-state index contributed by atoms with van der Waals surface area (Å²) in [7, 11) is 3.82. The first-order valence-corrected chi connectivity index (χ1v) is 12.7. The lowest BCUT2D eigenvalue weighted by Crippen LogP contribution is -2.34. The predicted molar refractivity (Wildman–Crippen MR) is 149 cm³/mol. The summed E-state index contributed by atoms with van der Waals surface area (Å²) in [6.07, 6.45) is 7.05. The minimum Gasteiger partial charge on any atom is -0.486 e. The minimum atomic E-state index is 0.104. The Balaban J connectivity index is 1.29. The Bertz CT molecular complexity index is 1610. The summed E-state index contributed by atoms with van der Waals surface area (Å²) in [5.41, 5.74) is 4.54. The fraction of sp³-hybridized carbons (Fsp3) is 0.286. The lowest BCUT2D eigenvalue weighted by molar-refractivity contribution is 0.165. The van der Waals surface area contributed by atoms with Gasteiger partial charge in [-0.05, 0) is 68.8 Å². The zero-order chi connectivity index (χ0) is 26.1. The van der Waals surface area contributed by atoms with Gasteiger partial charge < -0.3 is 30.0 Å². The third kappa shape index (κ3) is 4.66.